The van der Waals surface area contributed by atoms with E-state index < -0.39 is 0 Å². The van der Waals surface area contributed by atoms with Gasteiger partial charge in [-0.2, -0.15) is 0 Å². The van der Waals surface area contributed by atoms with Crippen LogP contribution in [0.4, 0.5) is 0 Å². The zero-order chi connectivity index (χ0) is 10.2. The van der Waals surface area contributed by atoms with Crippen molar-refractivity contribution in [3.8, 4) is 5.75 Å². The molecule has 0 aliphatic carbocycles. The van der Waals surface area contributed by atoms with Crippen LogP contribution in [0.3, 0.4) is 0 Å². The van der Waals surface area contributed by atoms with Crippen molar-refractivity contribution in [2.45, 2.75) is 12.8 Å². The van der Waals surface area contributed by atoms with E-state index in [1.54, 1.807) is 0 Å². The second-order valence-electron chi connectivity index (χ2n) is 3.36. The van der Waals surface area contributed by atoms with E-state index in [0.29, 0.717) is 6.61 Å². The van der Waals surface area contributed by atoms with Crippen LogP contribution in [-0.2, 0) is 0 Å². The second kappa shape index (κ2) is 6.44. The van der Waals surface area contributed by atoms with E-state index in [1.165, 1.54) is 0 Å². The van der Waals surface area contributed by atoms with Crippen molar-refractivity contribution in [3.05, 3.63) is 37.3 Å². The van der Waals surface area contributed by atoms with Crippen molar-refractivity contribution in [1.82, 2.24) is 0 Å². The molecule has 0 fully saturated rings. The van der Waals surface area contributed by atoms with Crippen molar-refractivity contribution in [2.75, 3.05) is 13.2 Å². The van der Waals surface area contributed by atoms with E-state index in [-0.39, 0.29) is 12.5 Å². The van der Waals surface area contributed by atoms with E-state index in [9.17, 15) is 0 Å². The van der Waals surface area contributed by atoms with E-state index >= 15 is 0 Å². The van der Waals surface area contributed by atoms with Gasteiger partial charge in [0.1, 0.15) is 5.75 Å². The number of para-hydroxylation sites is 1. The maximum Gasteiger partial charge on any atom is 0.119 e. The van der Waals surface area contributed by atoms with Crippen LogP contribution in [0.1, 0.15) is 12.8 Å². The lowest BCUT2D eigenvalue weighted by Crippen LogP contribution is -2.09. The summed E-state index contributed by atoms with van der Waals surface area (Å²) in [5.74, 6) is 1.13. The summed E-state index contributed by atoms with van der Waals surface area (Å²) in [6.45, 7) is 4.80. The molecular weight excluding hydrogens is 176 g/mol. The first kappa shape index (κ1) is 11.1. The largest absolute Gasteiger partial charge is 0.493 e. The molecule has 0 heterocycles. The van der Waals surface area contributed by atoms with Gasteiger partial charge in [-0.3, -0.25) is 0 Å². The van der Waals surface area contributed by atoms with Crippen molar-refractivity contribution < 1.29 is 9.84 Å². The monoisotopic (exact) mass is 193 g/mol. The first-order chi connectivity index (χ1) is 6.83. The van der Waals surface area contributed by atoms with Crippen molar-refractivity contribution in [2.24, 2.45) is 5.92 Å². The minimum Gasteiger partial charge on any atom is -0.493 e. The van der Waals surface area contributed by atoms with Crippen LogP contribution in [0.5, 0.6) is 5.75 Å². The molecule has 2 heteroatoms. The molecule has 14 heavy (non-hydrogen) atoms. The highest BCUT2D eigenvalue weighted by atomic mass is 16.5. The van der Waals surface area contributed by atoms with Gasteiger partial charge < -0.3 is 9.84 Å². The zero-order valence-electron chi connectivity index (χ0n) is 8.36. The predicted molar refractivity (Wildman–Crippen MR) is 57.1 cm³/mol. The Labute approximate surface area is 85.5 Å². The van der Waals surface area contributed by atoms with Gasteiger partial charge in [-0.1, -0.05) is 18.2 Å². The molecule has 77 valence electrons. The Morgan fingerprint density at radius 2 is 2.00 bits per heavy atom. The normalized spacial score (nSPS) is 12.4. The van der Waals surface area contributed by atoms with Crippen molar-refractivity contribution in [3.63, 3.8) is 0 Å². The molecule has 0 saturated carbocycles. The van der Waals surface area contributed by atoms with Crippen LogP contribution in [0.25, 0.3) is 0 Å². The minimum atomic E-state index is 0.233. The molecule has 0 amide bonds. The fraction of sp³-hybridized carbons (Fsp3) is 0.417. The summed E-state index contributed by atoms with van der Waals surface area (Å²) in [5.41, 5.74) is 0. The molecule has 0 aliphatic rings. The van der Waals surface area contributed by atoms with Crippen LogP contribution < -0.4 is 4.74 Å². The van der Waals surface area contributed by atoms with Gasteiger partial charge in [0.05, 0.1) is 6.61 Å². The molecule has 1 aromatic rings. The SMILES string of the molecule is [CH2]C(CCCO)COc1ccccc1. The van der Waals surface area contributed by atoms with E-state index in [1.807, 2.05) is 30.3 Å². The molecular formula is C12H17O2. The molecule has 0 saturated heterocycles. The summed E-state index contributed by atoms with van der Waals surface area (Å²) in [4.78, 5) is 0. The Hall–Kier alpha value is -1.02. The summed E-state index contributed by atoms with van der Waals surface area (Å²) >= 11 is 0. The number of rotatable bonds is 6. The molecule has 1 rings (SSSR count). The molecule has 1 N–H and O–H groups in total. The molecule has 0 bridgehead atoms. The van der Waals surface area contributed by atoms with Crippen molar-refractivity contribution in [1.29, 1.82) is 0 Å². The highest BCUT2D eigenvalue weighted by Gasteiger charge is 2.02. The lowest BCUT2D eigenvalue weighted by Gasteiger charge is -2.11. The molecule has 1 unspecified atom stereocenters. The van der Waals surface area contributed by atoms with Crippen LogP contribution in [0.15, 0.2) is 30.3 Å². The quantitative estimate of drug-likeness (QED) is 0.751. The standard InChI is InChI=1S/C12H17O2/c1-11(6-5-9-13)10-14-12-7-3-2-4-8-12/h2-4,7-8,11,13H,1,5-6,9-10H2. The van der Waals surface area contributed by atoms with Crippen LogP contribution in [-0.4, -0.2) is 18.3 Å². The van der Waals surface area contributed by atoms with E-state index in [2.05, 4.69) is 6.92 Å². The Kier molecular flexibility index (Phi) is 5.08. The first-order valence-corrected chi connectivity index (χ1v) is 4.94. The predicted octanol–water partition coefficient (Wildman–Crippen LogP) is 2.29. The fourth-order valence-electron chi connectivity index (χ4n) is 1.19. The highest BCUT2D eigenvalue weighted by Crippen LogP contribution is 2.11. The Bertz CT molecular complexity index is 233. The third kappa shape index (κ3) is 4.28. The lowest BCUT2D eigenvalue weighted by molar-refractivity contribution is 0.239. The summed E-state index contributed by atoms with van der Waals surface area (Å²) in [7, 11) is 0. The van der Waals surface area contributed by atoms with Crippen molar-refractivity contribution >= 4 is 0 Å². The van der Waals surface area contributed by atoms with Crippen LogP contribution in [0.2, 0.25) is 0 Å². The Morgan fingerprint density at radius 3 is 2.64 bits per heavy atom. The number of ether oxygens (including phenoxy) is 1. The molecule has 0 aliphatic heterocycles. The van der Waals surface area contributed by atoms with Gasteiger partial charge in [0.2, 0.25) is 0 Å². The van der Waals surface area contributed by atoms with Gasteiger partial charge in [-0.15, -0.1) is 0 Å². The average molecular weight is 193 g/mol. The van der Waals surface area contributed by atoms with E-state index in [0.717, 1.165) is 18.6 Å². The third-order valence-electron chi connectivity index (χ3n) is 2.00. The molecule has 2 nitrogen and oxygen atoms in total. The third-order valence-corrected chi connectivity index (χ3v) is 2.00. The number of hydrogen-bond acceptors (Lipinski definition) is 2. The van der Waals surface area contributed by atoms with Crippen LogP contribution >= 0.6 is 0 Å². The molecule has 1 aromatic carbocycles. The van der Waals surface area contributed by atoms with Gasteiger partial charge in [-0.05, 0) is 37.8 Å². The Balaban J connectivity index is 2.20. The maximum atomic E-state index is 8.63. The van der Waals surface area contributed by atoms with Gasteiger partial charge in [0, 0.05) is 6.61 Å². The molecule has 0 spiro atoms. The highest BCUT2D eigenvalue weighted by molar-refractivity contribution is 5.20. The first-order valence-electron chi connectivity index (χ1n) is 4.94. The maximum absolute atomic E-state index is 8.63. The lowest BCUT2D eigenvalue weighted by atomic mass is 10.1. The number of aliphatic hydroxyl groups is 1. The minimum absolute atomic E-state index is 0.233. The van der Waals surface area contributed by atoms with Gasteiger partial charge >= 0.3 is 0 Å². The molecule has 1 radical (unpaired) electrons. The summed E-state index contributed by atoms with van der Waals surface area (Å²) in [5, 5.41) is 8.63. The number of hydrogen-bond donors (Lipinski definition) is 1. The topological polar surface area (TPSA) is 29.5 Å². The van der Waals surface area contributed by atoms with Crippen LogP contribution in [0, 0.1) is 12.8 Å². The second-order valence-corrected chi connectivity index (χ2v) is 3.36. The fourth-order valence-corrected chi connectivity index (χ4v) is 1.19. The molecule has 0 aromatic heterocycles. The van der Waals surface area contributed by atoms with Gasteiger partial charge in [0.25, 0.3) is 0 Å². The zero-order valence-corrected chi connectivity index (χ0v) is 8.36. The number of benzene rings is 1. The summed E-state index contributed by atoms with van der Waals surface area (Å²) < 4.78 is 5.52. The van der Waals surface area contributed by atoms with E-state index in [4.69, 9.17) is 9.84 Å². The molecule has 1 atom stereocenters. The number of aliphatic hydroxyl groups excluding tert-OH is 1. The van der Waals surface area contributed by atoms with Gasteiger partial charge in [0.15, 0.2) is 0 Å². The summed E-state index contributed by atoms with van der Waals surface area (Å²) in [6.07, 6.45) is 1.70. The summed E-state index contributed by atoms with van der Waals surface area (Å²) in [6, 6.07) is 9.71. The average Bonchev–Trinajstić information content (AvgIpc) is 2.25. The smallest absolute Gasteiger partial charge is 0.119 e. The Morgan fingerprint density at radius 1 is 1.29 bits per heavy atom. The van der Waals surface area contributed by atoms with Gasteiger partial charge in [-0.25, -0.2) is 0 Å².